The van der Waals surface area contributed by atoms with Gasteiger partial charge >= 0.3 is 6.18 Å². The average Bonchev–Trinajstić information content (AvgIpc) is 3.64. The molecule has 288 valence electrons. The number of hydrogen-bond donors (Lipinski definition) is 3. The third kappa shape index (κ3) is 9.83. The predicted molar refractivity (Wildman–Crippen MR) is 198 cm³/mol. The number of carbonyl (C=O) groups is 3. The highest BCUT2D eigenvalue weighted by Gasteiger charge is 2.33. The van der Waals surface area contributed by atoms with Crippen molar-refractivity contribution in [2.45, 2.75) is 39.4 Å². The average molecular weight is 772 g/mol. The second-order valence-electron chi connectivity index (χ2n) is 12.0. The molecule has 14 nitrogen and oxygen atoms in total. The summed E-state index contributed by atoms with van der Waals surface area (Å²) in [5.41, 5.74) is 2.31. The van der Waals surface area contributed by atoms with E-state index >= 15 is 0 Å². The Labute approximate surface area is 315 Å². The van der Waals surface area contributed by atoms with E-state index in [-0.39, 0.29) is 59.7 Å². The zero-order chi connectivity index (χ0) is 39.6. The van der Waals surface area contributed by atoms with E-state index in [4.69, 9.17) is 16.3 Å². The van der Waals surface area contributed by atoms with Gasteiger partial charge in [-0.05, 0) is 43.8 Å². The van der Waals surface area contributed by atoms with Crippen LogP contribution in [0.3, 0.4) is 0 Å². The number of anilines is 1. The Bertz CT molecular complexity index is 1910. The van der Waals surface area contributed by atoms with Gasteiger partial charge in [0.1, 0.15) is 24.3 Å². The number of rotatable bonds is 11. The molecule has 0 unspecified atom stereocenters. The van der Waals surface area contributed by atoms with Crippen molar-refractivity contribution in [2.75, 3.05) is 51.7 Å². The highest BCUT2D eigenvalue weighted by atomic mass is 35.5. The number of nitrogens with zero attached hydrogens (tertiary/aromatic N) is 7. The summed E-state index contributed by atoms with van der Waals surface area (Å²) >= 11 is 5.93. The Hall–Kier alpha value is -5.71. The summed E-state index contributed by atoms with van der Waals surface area (Å²) in [6, 6.07) is 8.67. The summed E-state index contributed by atoms with van der Waals surface area (Å²) in [5.74, 6) is -1.17. The molecule has 2 aromatic carbocycles. The van der Waals surface area contributed by atoms with E-state index in [1.807, 2.05) is 19.1 Å². The number of piperazine rings is 1. The van der Waals surface area contributed by atoms with Gasteiger partial charge in [0, 0.05) is 57.6 Å². The maximum atomic E-state index is 13.7. The quantitative estimate of drug-likeness (QED) is 0.143. The largest absolute Gasteiger partial charge is 0.504 e. The minimum atomic E-state index is -4.61. The summed E-state index contributed by atoms with van der Waals surface area (Å²) in [4.78, 5) is 54.2. The molecule has 1 aromatic heterocycles. The molecule has 0 saturated carbocycles. The molecule has 1 fully saturated rings. The van der Waals surface area contributed by atoms with E-state index in [2.05, 4.69) is 50.2 Å². The van der Waals surface area contributed by atoms with Crippen molar-refractivity contribution in [2.24, 2.45) is 10.1 Å². The Morgan fingerprint density at radius 3 is 2.41 bits per heavy atom. The summed E-state index contributed by atoms with van der Waals surface area (Å²) in [5, 5.41) is 19.8. The first kappa shape index (κ1) is 41.1. The second kappa shape index (κ2) is 18.4. The van der Waals surface area contributed by atoms with Gasteiger partial charge in [-0.2, -0.15) is 18.3 Å². The van der Waals surface area contributed by atoms with Crippen molar-refractivity contribution >= 4 is 48.4 Å². The zero-order valence-electron chi connectivity index (χ0n) is 30.0. The normalized spacial score (nSPS) is 14.1. The number of benzene rings is 2. The molecule has 18 heteroatoms. The first-order valence-corrected chi connectivity index (χ1v) is 17.2. The number of hydrogen-bond acceptors (Lipinski definition) is 11. The molecule has 54 heavy (non-hydrogen) atoms. The van der Waals surface area contributed by atoms with Gasteiger partial charge in [0.05, 0.1) is 35.1 Å². The Morgan fingerprint density at radius 1 is 1.09 bits per heavy atom. The van der Waals surface area contributed by atoms with E-state index in [0.717, 1.165) is 41.5 Å². The van der Waals surface area contributed by atoms with Gasteiger partial charge in [0.15, 0.2) is 11.4 Å². The molecule has 0 bridgehead atoms. The highest BCUT2D eigenvalue weighted by Crippen LogP contribution is 2.34. The number of nitrogens with one attached hydrogen (secondary N) is 2. The standard InChI is InChI=1S/C26H30ClF3N8O4.C10H11NO/c1-5-18(31-3)22(36-8-10-37(11-9-36)24(41)21-23(40)15(2)33-14-34-21)25(42)38(32-4)13-20(39)35-19-7-6-16(12-17(19)27)26(28,29)30;1-11-7-9-4-2-3-8-5-6-12-10(8)9/h6-7,12,14,31,40H,4-5,8-11,13H2,1-3H3,(H,35,39);2-4H,1,5-7H2/b22-18+;. The molecule has 1 saturated heterocycles. The minimum Gasteiger partial charge on any atom is -0.504 e. The fourth-order valence-electron chi connectivity index (χ4n) is 5.78. The van der Waals surface area contributed by atoms with Gasteiger partial charge in [-0.25, -0.2) is 15.0 Å². The molecule has 3 aromatic rings. The Kier molecular flexibility index (Phi) is 14.0. The SMILES string of the molecule is C=NCc1cccc2c1OCC2.C=NN(CC(=O)Nc1ccc(C(F)(F)F)cc1Cl)C(=O)/C(=C(/CC)NC)N1CCN(C(=O)c2ncnc(C)c2O)CC1. The predicted octanol–water partition coefficient (Wildman–Crippen LogP) is 4.67. The molecule has 3 heterocycles. The van der Waals surface area contributed by atoms with Crippen LogP contribution in [0.25, 0.3) is 0 Å². The molecule has 0 atom stereocenters. The van der Waals surface area contributed by atoms with E-state index in [1.54, 1.807) is 18.9 Å². The third-order valence-electron chi connectivity index (χ3n) is 8.58. The Balaban J connectivity index is 0.000000453. The van der Waals surface area contributed by atoms with Gasteiger partial charge in [-0.1, -0.05) is 36.7 Å². The van der Waals surface area contributed by atoms with Gasteiger partial charge in [0.25, 0.3) is 11.8 Å². The number of allylic oxidation sites excluding steroid dienone is 1. The number of fused-ring (bicyclic) bond motifs is 1. The summed E-state index contributed by atoms with van der Waals surface area (Å²) in [6.07, 6.45) is -1.97. The molecular weight excluding hydrogens is 731 g/mol. The number of amides is 3. The van der Waals surface area contributed by atoms with Gasteiger partial charge in [-0.15, -0.1) is 0 Å². The smallest absolute Gasteiger partial charge is 0.416 e. The van der Waals surface area contributed by atoms with Crippen molar-refractivity contribution in [3.05, 3.63) is 87.2 Å². The maximum Gasteiger partial charge on any atom is 0.416 e. The molecule has 0 spiro atoms. The highest BCUT2D eigenvalue weighted by molar-refractivity contribution is 6.33. The van der Waals surface area contributed by atoms with Crippen LogP contribution < -0.4 is 15.4 Å². The Morgan fingerprint density at radius 2 is 1.80 bits per heavy atom. The van der Waals surface area contributed by atoms with Gasteiger partial charge < -0.3 is 30.3 Å². The second-order valence-corrected chi connectivity index (χ2v) is 12.4. The topological polar surface area (TPSA) is 165 Å². The summed E-state index contributed by atoms with van der Waals surface area (Å²) in [6.45, 7) is 12.0. The van der Waals surface area contributed by atoms with Crippen molar-refractivity contribution in [1.29, 1.82) is 0 Å². The third-order valence-corrected chi connectivity index (χ3v) is 8.89. The molecule has 2 aliphatic heterocycles. The summed E-state index contributed by atoms with van der Waals surface area (Å²) in [7, 11) is 1.64. The van der Waals surface area contributed by atoms with Gasteiger partial charge in [0.2, 0.25) is 5.91 Å². The molecule has 2 aliphatic rings. The molecule has 5 rings (SSSR count). The first-order valence-electron chi connectivity index (χ1n) is 16.8. The molecular formula is C36H41ClF3N9O5. The van der Waals surface area contributed by atoms with Crippen LogP contribution >= 0.6 is 11.6 Å². The molecule has 3 N–H and O–H groups in total. The monoisotopic (exact) mass is 771 g/mol. The zero-order valence-corrected chi connectivity index (χ0v) is 30.8. The van der Waals surface area contributed by atoms with E-state index in [1.165, 1.54) is 16.8 Å². The van der Waals surface area contributed by atoms with Crippen LogP contribution in [-0.2, 0) is 28.7 Å². The number of halogens is 4. The first-order chi connectivity index (χ1) is 25.7. The van der Waals surface area contributed by atoms with Crippen LogP contribution in [0, 0.1) is 6.92 Å². The van der Waals surface area contributed by atoms with Gasteiger partial charge in [-0.3, -0.25) is 19.4 Å². The van der Waals surface area contributed by atoms with Crippen molar-refractivity contribution in [3.63, 3.8) is 0 Å². The maximum absolute atomic E-state index is 13.7. The van der Waals surface area contributed by atoms with Crippen LogP contribution in [0.5, 0.6) is 11.5 Å². The number of ether oxygens (including phenoxy) is 1. The molecule has 0 radical (unpaired) electrons. The van der Waals surface area contributed by atoms with Crippen LogP contribution in [0.1, 0.15) is 46.2 Å². The lowest BCUT2D eigenvalue weighted by Crippen LogP contribution is -2.51. The number of carbonyl (C=O) groups excluding carboxylic acids is 3. The number of aromatic hydroxyl groups is 1. The molecule has 0 aliphatic carbocycles. The minimum absolute atomic E-state index is 0.0722. The lowest BCUT2D eigenvalue weighted by molar-refractivity contribution is -0.137. The number of alkyl halides is 3. The van der Waals surface area contributed by atoms with E-state index in [0.29, 0.717) is 24.7 Å². The van der Waals surface area contributed by atoms with Crippen molar-refractivity contribution in [1.82, 2.24) is 30.1 Å². The number of aryl methyl sites for hydroxylation is 1. The van der Waals surface area contributed by atoms with Crippen LogP contribution in [0.15, 0.2) is 64.2 Å². The molecule has 3 amide bonds. The van der Waals surface area contributed by atoms with Crippen molar-refractivity contribution in [3.8, 4) is 11.5 Å². The number of aliphatic imine (C=N–C) groups is 1. The van der Waals surface area contributed by atoms with Crippen LogP contribution in [0.2, 0.25) is 5.02 Å². The van der Waals surface area contributed by atoms with E-state index in [9.17, 15) is 32.7 Å². The number of hydrazone groups is 1. The lowest BCUT2D eigenvalue weighted by atomic mass is 10.1. The van der Waals surface area contributed by atoms with Crippen LogP contribution in [-0.4, -0.2) is 107 Å². The lowest BCUT2D eigenvalue weighted by Gasteiger charge is -2.38. The number of para-hydroxylation sites is 1. The fourth-order valence-corrected chi connectivity index (χ4v) is 6.01. The number of aromatic nitrogens is 2. The van der Waals surface area contributed by atoms with E-state index < -0.39 is 36.0 Å². The van der Waals surface area contributed by atoms with Crippen LogP contribution in [0.4, 0.5) is 18.9 Å². The summed E-state index contributed by atoms with van der Waals surface area (Å²) < 4.78 is 44.3. The fraction of sp³-hybridized carbons (Fsp3) is 0.361. The van der Waals surface area contributed by atoms with Crippen molar-refractivity contribution < 1.29 is 37.4 Å².